The van der Waals surface area contributed by atoms with Gasteiger partial charge in [0.05, 0.1) is 6.07 Å². The van der Waals surface area contributed by atoms with Crippen LogP contribution in [0.2, 0.25) is 0 Å². The van der Waals surface area contributed by atoms with Crippen LogP contribution in [-0.2, 0) is 4.79 Å². The van der Waals surface area contributed by atoms with Crippen molar-refractivity contribution in [1.82, 2.24) is 5.32 Å². The van der Waals surface area contributed by atoms with Gasteiger partial charge in [-0.3, -0.25) is 4.79 Å². The quantitative estimate of drug-likeness (QED) is 0.707. The number of hydrogen-bond donors (Lipinski definition) is 2. The third-order valence-electron chi connectivity index (χ3n) is 3.64. The molecule has 0 aromatic rings. The molecular weight excluding hydrogens is 216 g/mol. The molecule has 2 N–H and O–H groups in total. The smallest absolute Gasteiger partial charge is 0.240 e. The molecule has 1 aliphatic carbocycles. The summed E-state index contributed by atoms with van der Waals surface area (Å²) in [5.41, 5.74) is -0.754. The number of hydrogen-bond acceptors (Lipinski definition) is 3. The third kappa shape index (κ3) is 3.44. The van der Waals surface area contributed by atoms with Crippen molar-refractivity contribution in [3.63, 3.8) is 0 Å². The normalized spacial score (nSPS) is 18.9. The Labute approximate surface area is 103 Å². The van der Waals surface area contributed by atoms with Gasteiger partial charge in [-0.1, -0.05) is 13.3 Å². The van der Waals surface area contributed by atoms with E-state index < -0.39 is 5.41 Å². The molecule has 1 unspecified atom stereocenters. The maximum Gasteiger partial charge on any atom is 0.240 e. The summed E-state index contributed by atoms with van der Waals surface area (Å²) in [6.07, 6.45) is 5.11. The first-order chi connectivity index (χ1) is 8.18. The average Bonchev–Trinajstić information content (AvgIpc) is 2.26. The number of rotatable bonds is 7. The van der Waals surface area contributed by atoms with Crippen molar-refractivity contribution >= 4 is 5.91 Å². The minimum absolute atomic E-state index is 0.120. The summed E-state index contributed by atoms with van der Waals surface area (Å²) in [6.45, 7) is 2.83. The van der Waals surface area contributed by atoms with Gasteiger partial charge >= 0.3 is 0 Å². The molecule has 1 amide bonds. The van der Waals surface area contributed by atoms with Crippen LogP contribution in [0.5, 0.6) is 0 Å². The van der Waals surface area contributed by atoms with E-state index in [1.165, 1.54) is 0 Å². The van der Waals surface area contributed by atoms with Gasteiger partial charge in [0.25, 0.3) is 0 Å². The number of carbonyl (C=O) groups excluding carboxylic acids is 1. The second-order valence-corrected chi connectivity index (χ2v) is 4.92. The van der Waals surface area contributed by atoms with Gasteiger partial charge in [0.1, 0.15) is 5.41 Å². The van der Waals surface area contributed by atoms with Gasteiger partial charge in [-0.15, -0.1) is 0 Å². The summed E-state index contributed by atoms with van der Waals surface area (Å²) in [5.74, 6) is 0.204. The highest BCUT2D eigenvalue weighted by Crippen LogP contribution is 2.40. The second-order valence-electron chi connectivity index (χ2n) is 4.92. The van der Waals surface area contributed by atoms with Crippen LogP contribution in [0.15, 0.2) is 0 Å². The number of aliphatic hydroxyl groups excluding tert-OH is 1. The van der Waals surface area contributed by atoms with E-state index in [9.17, 15) is 4.79 Å². The van der Waals surface area contributed by atoms with Crippen LogP contribution in [0.1, 0.15) is 45.4 Å². The first-order valence-corrected chi connectivity index (χ1v) is 6.49. The molecule has 0 saturated heterocycles. The summed E-state index contributed by atoms with van der Waals surface area (Å²) >= 11 is 0. The van der Waals surface area contributed by atoms with Crippen molar-refractivity contribution in [1.29, 1.82) is 5.26 Å². The van der Waals surface area contributed by atoms with Crippen LogP contribution in [0.3, 0.4) is 0 Å². The summed E-state index contributed by atoms with van der Waals surface area (Å²) in [7, 11) is 0. The summed E-state index contributed by atoms with van der Waals surface area (Å²) < 4.78 is 0. The molecule has 0 bridgehead atoms. The van der Waals surface area contributed by atoms with Crippen LogP contribution in [-0.4, -0.2) is 24.2 Å². The lowest BCUT2D eigenvalue weighted by Crippen LogP contribution is -2.46. The molecule has 1 fully saturated rings. The Kier molecular flexibility index (Phi) is 5.43. The van der Waals surface area contributed by atoms with Crippen molar-refractivity contribution in [2.75, 3.05) is 13.2 Å². The highest BCUT2D eigenvalue weighted by atomic mass is 16.3. The lowest BCUT2D eigenvalue weighted by Gasteiger charge is -2.33. The second kappa shape index (κ2) is 6.61. The lowest BCUT2D eigenvalue weighted by molar-refractivity contribution is -0.132. The predicted molar refractivity (Wildman–Crippen MR) is 65.0 cm³/mol. The van der Waals surface area contributed by atoms with E-state index in [-0.39, 0.29) is 12.5 Å². The average molecular weight is 238 g/mol. The number of aliphatic hydroxyl groups is 1. The van der Waals surface area contributed by atoms with Crippen LogP contribution in [0.25, 0.3) is 0 Å². The number of nitriles is 1. The molecule has 0 aromatic heterocycles. The molecule has 0 heterocycles. The third-order valence-corrected chi connectivity index (χ3v) is 3.64. The summed E-state index contributed by atoms with van der Waals surface area (Å²) in [4.78, 5) is 11.9. The maximum atomic E-state index is 11.9. The Balaban J connectivity index is 2.38. The van der Waals surface area contributed by atoms with E-state index in [1.807, 2.05) is 0 Å². The van der Waals surface area contributed by atoms with E-state index >= 15 is 0 Å². The van der Waals surface area contributed by atoms with E-state index in [0.29, 0.717) is 31.7 Å². The minimum Gasteiger partial charge on any atom is -0.396 e. The SMILES string of the molecule is CCCC(CCO)CNC(=O)C1(C#N)CCC1. The molecule has 0 aromatic carbocycles. The molecule has 1 rings (SSSR count). The van der Waals surface area contributed by atoms with E-state index in [2.05, 4.69) is 18.3 Å². The predicted octanol–water partition coefficient (Wildman–Crippen LogP) is 1.60. The van der Waals surface area contributed by atoms with Crippen molar-refractivity contribution in [2.45, 2.75) is 45.4 Å². The zero-order chi connectivity index (χ0) is 12.7. The molecule has 96 valence electrons. The Morgan fingerprint density at radius 3 is 2.65 bits per heavy atom. The Hall–Kier alpha value is -1.08. The van der Waals surface area contributed by atoms with Gasteiger partial charge in [0.2, 0.25) is 5.91 Å². The minimum atomic E-state index is -0.754. The van der Waals surface area contributed by atoms with Crippen LogP contribution in [0.4, 0.5) is 0 Å². The van der Waals surface area contributed by atoms with Crippen LogP contribution >= 0.6 is 0 Å². The fraction of sp³-hybridized carbons (Fsp3) is 0.846. The Morgan fingerprint density at radius 1 is 1.53 bits per heavy atom. The fourth-order valence-electron chi connectivity index (χ4n) is 2.27. The standard InChI is InChI=1S/C13H22N2O2/c1-2-4-11(5-8-16)9-15-12(17)13(10-14)6-3-7-13/h11,16H,2-9H2,1H3,(H,15,17). The zero-order valence-corrected chi connectivity index (χ0v) is 10.5. The molecule has 0 radical (unpaired) electrons. The summed E-state index contributed by atoms with van der Waals surface area (Å²) in [5, 5.41) is 20.8. The largest absolute Gasteiger partial charge is 0.396 e. The first-order valence-electron chi connectivity index (χ1n) is 6.49. The van der Waals surface area contributed by atoms with Crippen molar-refractivity contribution in [2.24, 2.45) is 11.3 Å². The monoisotopic (exact) mass is 238 g/mol. The van der Waals surface area contributed by atoms with Gasteiger partial charge in [0, 0.05) is 13.2 Å². The summed E-state index contributed by atoms with van der Waals surface area (Å²) in [6, 6.07) is 2.14. The molecule has 1 aliphatic rings. The van der Waals surface area contributed by atoms with Gasteiger partial charge in [0.15, 0.2) is 0 Å². The van der Waals surface area contributed by atoms with Crippen LogP contribution < -0.4 is 5.32 Å². The maximum absolute atomic E-state index is 11.9. The molecule has 17 heavy (non-hydrogen) atoms. The molecule has 4 nitrogen and oxygen atoms in total. The molecule has 4 heteroatoms. The number of carbonyl (C=O) groups is 1. The fourth-order valence-corrected chi connectivity index (χ4v) is 2.27. The van der Waals surface area contributed by atoms with Gasteiger partial charge < -0.3 is 10.4 Å². The topological polar surface area (TPSA) is 73.1 Å². The molecule has 1 atom stereocenters. The van der Waals surface area contributed by atoms with Crippen molar-refractivity contribution in [3.8, 4) is 6.07 Å². The number of amides is 1. The molecular formula is C13H22N2O2. The highest BCUT2D eigenvalue weighted by molar-refractivity contribution is 5.86. The van der Waals surface area contributed by atoms with E-state index in [0.717, 1.165) is 19.3 Å². The highest BCUT2D eigenvalue weighted by Gasteiger charge is 2.44. The van der Waals surface area contributed by atoms with E-state index in [4.69, 9.17) is 10.4 Å². The van der Waals surface area contributed by atoms with Gasteiger partial charge in [-0.05, 0) is 38.0 Å². The van der Waals surface area contributed by atoms with Crippen molar-refractivity contribution in [3.05, 3.63) is 0 Å². The van der Waals surface area contributed by atoms with Crippen LogP contribution in [0, 0.1) is 22.7 Å². The van der Waals surface area contributed by atoms with E-state index in [1.54, 1.807) is 0 Å². The Morgan fingerprint density at radius 2 is 2.24 bits per heavy atom. The van der Waals surface area contributed by atoms with Crippen molar-refractivity contribution < 1.29 is 9.90 Å². The molecule has 0 spiro atoms. The molecule has 1 saturated carbocycles. The number of nitrogens with zero attached hydrogens (tertiary/aromatic N) is 1. The first kappa shape index (κ1) is 14.0. The molecule has 0 aliphatic heterocycles. The lowest BCUT2D eigenvalue weighted by atomic mass is 9.69. The van der Waals surface area contributed by atoms with Gasteiger partial charge in [-0.25, -0.2) is 0 Å². The number of nitrogens with one attached hydrogen (secondary N) is 1. The zero-order valence-electron chi connectivity index (χ0n) is 10.5. The van der Waals surface area contributed by atoms with Gasteiger partial charge in [-0.2, -0.15) is 5.26 Å². The Bertz CT molecular complexity index is 286.